The Kier molecular flexibility index (Phi) is 7.10. The van der Waals surface area contributed by atoms with Crippen LogP contribution >= 0.6 is 11.8 Å². The van der Waals surface area contributed by atoms with E-state index < -0.39 is 0 Å². The molecule has 7 nitrogen and oxygen atoms in total. The predicted molar refractivity (Wildman–Crippen MR) is 128 cm³/mol. The summed E-state index contributed by atoms with van der Waals surface area (Å²) in [5, 5.41) is 13.5. The van der Waals surface area contributed by atoms with Crippen LogP contribution in [0.25, 0.3) is 11.1 Å². The third-order valence-corrected chi connectivity index (χ3v) is 6.50. The molecule has 0 saturated heterocycles. The molecule has 0 saturated carbocycles. The van der Waals surface area contributed by atoms with Crippen LogP contribution in [0.4, 0.5) is 5.69 Å². The molecular formula is C25H24N4O3S. The first-order valence-electron chi connectivity index (χ1n) is 10.7. The monoisotopic (exact) mass is 460 g/mol. The largest absolute Gasteiger partial charge is 0.497 e. The molecular weight excluding hydrogens is 436 g/mol. The van der Waals surface area contributed by atoms with Gasteiger partial charge in [0.1, 0.15) is 22.6 Å². The molecule has 2 aromatic heterocycles. The SMILES string of the molecule is COc1ccc(OC)c(NC(=O)CSc2nc3c(c(-c4cccnc4)c2C#N)CCCC3)c1. The van der Waals surface area contributed by atoms with Gasteiger partial charge in [0.15, 0.2) is 0 Å². The van der Waals surface area contributed by atoms with Gasteiger partial charge in [0, 0.05) is 35.3 Å². The molecule has 168 valence electrons. The quantitative estimate of drug-likeness (QED) is 0.513. The number of nitrogens with zero attached hydrogens (tertiary/aromatic N) is 3. The van der Waals surface area contributed by atoms with Crippen LogP contribution in [0.1, 0.15) is 29.7 Å². The fourth-order valence-electron chi connectivity index (χ4n) is 3.99. The standard InChI is InChI=1S/C25H24N4O3S/c1-31-17-9-10-22(32-2)21(12-17)28-23(30)15-33-25-19(13-26)24(16-6-5-11-27-14-16)18-7-3-4-8-20(18)29-25/h5-6,9-12,14H,3-4,7-8,15H2,1-2H3,(H,28,30). The number of nitriles is 1. The fourth-order valence-corrected chi connectivity index (χ4v) is 4.79. The summed E-state index contributed by atoms with van der Waals surface area (Å²) >= 11 is 1.27. The summed E-state index contributed by atoms with van der Waals surface area (Å²) in [5.74, 6) is 1.03. The fraction of sp³-hybridized carbons (Fsp3) is 0.280. The number of rotatable bonds is 7. The molecule has 2 heterocycles. The number of carbonyl (C=O) groups is 1. The van der Waals surface area contributed by atoms with E-state index in [4.69, 9.17) is 14.5 Å². The molecule has 1 aliphatic carbocycles. The Hall–Kier alpha value is -3.57. The Labute approximate surface area is 197 Å². The first-order valence-corrected chi connectivity index (χ1v) is 11.6. The predicted octanol–water partition coefficient (Wildman–Crippen LogP) is 4.64. The van der Waals surface area contributed by atoms with Crippen LogP contribution in [0.5, 0.6) is 11.5 Å². The number of anilines is 1. The summed E-state index contributed by atoms with van der Waals surface area (Å²) in [5.41, 5.74) is 4.96. The molecule has 0 fully saturated rings. The number of fused-ring (bicyclic) bond motifs is 1. The van der Waals surface area contributed by atoms with E-state index >= 15 is 0 Å². The number of pyridine rings is 2. The topological polar surface area (TPSA) is 97.1 Å². The number of methoxy groups -OCH3 is 2. The molecule has 3 aromatic rings. The van der Waals surface area contributed by atoms with Crippen LogP contribution in [0.3, 0.4) is 0 Å². The summed E-state index contributed by atoms with van der Waals surface area (Å²) in [7, 11) is 3.11. The molecule has 1 amide bonds. The van der Waals surface area contributed by atoms with E-state index in [1.54, 1.807) is 44.8 Å². The number of nitrogens with one attached hydrogen (secondary N) is 1. The summed E-state index contributed by atoms with van der Waals surface area (Å²) in [6, 6.07) is 11.4. The molecule has 1 aliphatic rings. The molecule has 0 atom stereocenters. The minimum Gasteiger partial charge on any atom is -0.497 e. The smallest absolute Gasteiger partial charge is 0.234 e. The molecule has 8 heteroatoms. The number of amides is 1. The van der Waals surface area contributed by atoms with E-state index in [0.29, 0.717) is 27.8 Å². The average molecular weight is 461 g/mol. The number of thioether (sulfide) groups is 1. The van der Waals surface area contributed by atoms with E-state index in [1.807, 2.05) is 12.1 Å². The lowest BCUT2D eigenvalue weighted by molar-refractivity contribution is -0.113. The van der Waals surface area contributed by atoms with Gasteiger partial charge in [0.05, 0.1) is 31.2 Å². The number of hydrogen-bond donors (Lipinski definition) is 1. The highest BCUT2D eigenvalue weighted by atomic mass is 32.2. The number of hydrogen-bond acceptors (Lipinski definition) is 7. The van der Waals surface area contributed by atoms with Gasteiger partial charge in [-0.2, -0.15) is 5.26 Å². The van der Waals surface area contributed by atoms with E-state index in [2.05, 4.69) is 16.4 Å². The van der Waals surface area contributed by atoms with Gasteiger partial charge in [0.2, 0.25) is 5.91 Å². The van der Waals surface area contributed by atoms with Crippen molar-refractivity contribution in [1.29, 1.82) is 5.26 Å². The molecule has 4 rings (SSSR count). The zero-order valence-electron chi connectivity index (χ0n) is 18.6. The van der Waals surface area contributed by atoms with Crippen LogP contribution in [0.15, 0.2) is 47.8 Å². The lowest BCUT2D eigenvalue weighted by Crippen LogP contribution is -2.16. The van der Waals surface area contributed by atoms with Crippen LogP contribution in [-0.2, 0) is 17.6 Å². The minimum absolute atomic E-state index is 0.104. The Morgan fingerprint density at radius 1 is 1.21 bits per heavy atom. The van der Waals surface area contributed by atoms with Crippen molar-refractivity contribution in [1.82, 2.24) is 9.97 Å². The van der Waals surface area contributed by atoms with Crippen LogP contribution in [0, 0.1) is 11.3 Å². The van der Waals surface area contributed by atoms with E-state index in [0.717, 1.165) is 48.1 Å². The van der Waals surface area contributed by atoms with Crippen LogP contribution in [-0.4, -0.2) is 35.8 Å². The number of aromatic nitrogens is 2. The van der Waals surface area contributed by atoms with Gasteiger partial charge in [0.25, 0.3) is 0 Å². The van der Waals surface area contributed by atoms with Crippen molar-refractivity contribution in [2.24, 2.45) is 0 Å². The molecule has 33 heavy (non-hydrogen) atoms. The lowest BCUT2D eigenvalue weighted by Gasteiger charge is -2.21. The molecule has 0 aliphatic heterocycles. The van der Waals surface area contributed by atoms with Gasteiger partial charge in [-0.25, -0.2) is 4.98 Å². The first kappa shape index (κ1) is 22.6. The second-order valence-corrected chi connectivity index (χ2v) is 8.52. The highest BCUT2D eigenvalue weighted by Gasteiger charge is 2.24. The third kappa shape index (κ3) is 4.94. The number of ether oxygens (including phenoxy) is 2. The van der Waals surface area contributed by atoms with E-state index in [-0.39, 0.29) is 11.7 Å². The van der Waals surface area contributed by atoms with Gasteiger partial charge >= 0.3 is 0 Å². The van der Waals surface area contributed by atoms with Gasteiger partial charge in [-0.15, -0.1) is 0 Å². The van der Waals surface area contributed by atoms with Crippen LogP contribution in [0.2, 0.25) is 0 Å². The van der Waals surface area contributed by atoms with E-state index in [1.165, 1.54) is 11.8 Å². The molecule has 1 N–H and O–H groups in total. The van der Waals surface area contributed by atoms with Crippen molar-refractivity contribution in [2.75, 3.05) is 25.3 Å². The first-order chi connectivity index (χ1) is 16.1. The summed E-state index contributed by atoms with van der Waals surface area (Å²) in [6.45, 7) is 0. The van der Waals surface area contributed by atoms with Crippen molar-refractivity contribution in [3.8, 4) is 28.7 Å². The Morgan fingerprint density at radius 2 is 2.06 bits per heavy atom. The zero-order valence-corrected chi connectivity index (χ0v) is 19.4. The summed E-state index contributed by atoms with van der Waals surface area (Å²) < 4.78 is 10.6. The van der Waals surface area contributed by atoms with E-state index in [9.17, 15) is 10.1 Å². The van der Waals surface area contributed by atoms with Crippen molar-refractivity contribution in [2.45, 2.75) is 30.7 Å². The second-order valence-electron chi connectivity index (χ2n) is 7.56. The third-order valence-electron chi connectivity index (χ3n) is 5.52. The Bertz CT molecular complexity index is 1210. The second kappa shape index (κ2) is 10.4. The Morgan fingerprint density at radius 3 is 2.79 bits per heavy atom. The number of benzene rings is 1. The van der Waals surface area contributed by atoms with Crippen LogP contribution < -0.4 is 14.8 Å². The summed E-state index contributed by atoms with van der Waals surface area (Å²) in [4.78, 5) is 21.8. The number of aryl methyl sites for hydroxylation is 1. The van der Waals surface area contributed by atoms with Gasteiger partial charge in [-0.1, -0.05) is 17.8 Å². The van der Waals surface area contributed by atoms with Gasteiger partial charge in [-0.05, 0) is 49.4 Å². The molecule has 1 aromatic carbocycles. The molecule has 0 unspecified atom stereocenters. The average Bonchev–Trinajstić information content (AvgIpc) is 2.86. The summed E-state index contributed by atoms with van der Waals surface area (Å²) in [6.07, 6.45) is 7.40. The highest BCUT2D eigenvalue weighted by molar-refractivity contribution is 8.00. The van der Waals surface area contributed by atoms with Crippen molar-refractivity contribution in [3.63, 3.8) is 0 Å². The maximum Gasteiger partial charge on any atom is 0.234 e. The normalized spacial score (nSPS) is 12.4. The van der Waals surface area contributed by atoms with Crippen molar-refractivity contribution >= 4 is 23.4 Å². The highest BCUT2D eigenvalue weighted by Crippen LogP contribution is 2.37. The molecule has 0 spiro atoms. The molecule has 0 radical (unpaired) electrons. The maximum atomic E-state index is 12.7. The zero-order chi connectivity index (χ0) is 23.2. The van der Waals surface area contributed by atoms with Crippen molar-refractivity contribution < 1.29 is 14.3 Å². The molecule has 0 bridgehead atoms. The van der Waals surface area contributed by atoms with Gasteiger partial charge < -0.3 is 14.8 Å². The lowest BCUT2D eigenvalue weighted by atomic mass is 9.87. The van der Waals surface area contributed by atoms with Gasteiger partial charge in [-0.3, -0.25) is 9.78 Å². The minimum atomic E-state index is -0.224. The maximum absolute atomic E-state index is 12.7. The van der Waals surface area contributed by atoms with Crippen molar-refractivity contribution in [3.05, 3.63) is 59.5 Å². The number of carbonyl (C=O) groups excluding carboxylic acids is 1. The Balaban J connectivity index is 1.61.